The average molecular weight is 391 g/mol. The van der Waals surface area contributed by atoms with E-state index in [9.17, 15) is 0 Å². The SMILES string of the molecule is COc1ccc2c(c1)CCC1=C2NC(N)=NC1c1ccc(N2CCOCC2)nc1. The molecular formula is C22H25N5O2. The van der Waals surface area contributed by atoms with E-state index in [1.807, 2.05) is 12.3 Å². The van der Waals surface area contributed by atoms with E-state index < -0.39 is 0 Å². The highest BCUT2D eigenvalue weighted by molar-refractivity contribution is 5.92. The lowest BCUT2D eigenvalue weighted by Crippen LogP contribution is -2.37. The van der Waals surface area contributed by atoms with E-state index in [-0.39, 0.29) is 6.04 Å². The summed E-state index contributed by atoms with van der Waals surface area (Å²) >= 11 is 0. The number of hydrogen-bond donors (Lipinski definition) is 2. The van der Waals surface area contributed by atoms with E-state index in [4.69, 9.17) is 25.2 Å². The van der Waals surface area contributed by atoms with Crippen molar-refractivity contribution in [2.24, 2.45) is 10.7 Å². The number of guanidine groups is 1. The molecule has 1 aliphatic carbocycles. The molecule has 1 atom stereocenters. The predicted molar refractivity (Wildman–Crippen MR) is 113 cm³/mol. The second-order valence-electron chi connectivity index (χ2n) is 7.51. The van der Waals surface area contributed by atoms with Gasteiger partial charge < -0.3 is 25.4 Å². The number of benzene rings is 1. The van der Waals surface area contributed by atoms with Gasteiger partial charge in [0.05, 0.1) is 26.0 Å². The number of aromatic nitrogens is 1. The Labute approximate surface area is 170 Å². The van der Waals surface area contributed by atoms with Crippen molar-refractivity contribution in [1.82, 2.24) is 10.3 Å². The summed E-state index contributed by atoms with van der Waals surface area (Å²) in [5.74, 6) is 2.30. The molecule has 0 amide bonds. The molecule has 2 aliphatic heterocycles. The van der Waals surface area contributed by atoms with Crippen LogP contribution in [0, 0.1) is 0 Å². The number of morpholine rings is 1. The van der Waals surface area contributed by atoms with Crippen molar-refractivity contribution in [3.8, 4) is 5.75 Å². The molecule has 150 valence electrons. The molecule has 5 rings (SSSR count). The van der Waals surface area contributed by atoms with Crippen LogP contribution in [-0.4, -0.2) is 44.4 Å². The van der Waals surface area contributed by atoms with Gasteiger partial charge in [0.1, 0.15) is 17.6 Å². The molecule has 1 saturated heterocycles. The van der Waals surface area contributed by atoms with E-state index in [1.54, 1.807) is 7.11 Å². The Morgan fingerprint density at radius 2 is 2.03 bits per heavy atom. The van der Waals surface area contributed by atoms with Gasteiger partial charge in [0.15, 0.2) is 5.96 Å². The first-order valence-corrected chi connectivity index (χ1v) is 10.0. The third-order valence-electron chi connectivity index (χ3n) is 5.84. The van der Waals surface area contributed by atoms with Crippen molar-refractivity contribution < 1.29 is 9.47 Å². The third kappa shape index (κ3) is 3.31. The molecule has 7 nitrogen and oxygen atoms in total. The zero-order chi connectivity index (χ0) is 19.8. The number of nitrogens with two attached hydrogens (primary N) is 1. The van der Waals surface area contributed by atoms with E-state index in [1.165, 1.54) is 16.7 Å². The van der Waals surface area contributed by atoms with Gasteiger partial charge in [0, 0.05) is 24.8 Å². The highest BCUT2D eigenvalue weighted by Gasteiger charge is 2.30. The molecule has 1 aromatic carbocycles. The third-order valence-corrected chi connectivity index (χ3v) is 5.84. The number of methoxy groups -OCH3 is 1. The van der Waals surface area contributed by atoms with Gasteiger partial charge in [-0.3, -0.25) is 0 Å². The van der Waals surface area contributed by atoms with Crippen LogP contribution in [0.3, 0.4) is 0 Å². The Balaban J connectivity index is 1.48. The van der Waals surface area contributed by atoms with Crippen LogP contribution in [0.2, 0.25) is 0 Å². The minimum absolute atomic E-state index is 0.104. The van der Waals surface area contributed by atoms with Crippen molar-refractivity contribution in [3.63, 3.8) is 0 Å². The second-order valence-corrected chi connectivity index (χ2v) is 7.51. The number of nitrogens with zero attached hydrogens (tertiary/aromatic N) is 3. The van der Waals surface area contributed by atoms with Gasteiger partial charge in [-0.25, -0.2) is 9.98 Å². The van der Waals surface area contributed by atoms with Crippen LogP contribution in [0.1, 0.15) is 29.2 Å². The molecule has 0 radical (unpaired) electrons. The number of ether oxygens (including phenoxy) is 2. The maximum atomic E-state index is 6.17. The normalized spacial score (nSPS) is 21.1. The highest BCUT2D eigenvalue weighted by atomic mass is 16.5. The quantitative estimate of drug-likeness (QED) is 0.835. The van der Waals surface area contributed by atoms with Gasteiger partial charge in [0.25, 0.3) is 0 Å². The van der Waals surface area contributed by atoms with Crippen molar-refractivity contribution in [2.75, 3.05) is 38.3 Å². The molecule has 0 spiro atoms. The summed E-state index contributed by atoms with van der Waals surface area (Å²) in [7, 11) is 1.70. The van der Waals surface area contributed by atoms with Gasteiger partial charge in [-0.05, 0) is 53.8 Å². The first-order chi connectivity index (χ1) is 14.2. The minimum atomic E-state index is -0.104. The predicted octanol–water partition coefficient (Wildman–Crippen LogP) is 2.24. The van der Waals surface area contributed by atoms with E-state index in [2.05, 4.69) is 34.5 Å². The Morgan fingerprint density at radius 1 is 1.17 bits per heavy atom. The maximum absolute atomic E-state index is 6.17. The topological polar surface area (TPSA) is 85.0 Å². The van der Waals surface area contributed by atoms with Gasteiger partial charge in [-0.15, -0.1) is 0 Å². The molecule has 29 heavy (non-hydrogen) atoms. The average Bonchev–Trinajstić information content (AvgIpc) is 2.78. The van der Waals surface area contributed by atoms with Gasteiger partial charge >= 0.3 is 0 Å². The number of nitrogens with one attached hydrogen (secondary N) is 1. The first kappa shape index (κ1) is 18.0. The Bertz CT molecular complexity index is 977. The van der Waals surface area contributed by atoms with Crippen LogP contribution in [0.5, 0.6) is 5.75 Å². The van der Waals surface area contributed by atoms with Gasteiger partial charge in [-0.1, -0.05) is 6.07 Å². The summed E-state index contributed by atoms with van der Waals surface area (Å²) in [6.07, 6.45) is 3.82. The second kappa shape index (κ2) is 7.40. The zero-order valence-corrected chi connectivity index (χ0v) is 16.5. The fourth-order valence-corrected chi connectivity index (χ4v) is 4.33. The number of anilines is 1. The standard InChI is InChI=1S/C22H25N5O2/c1-28-16-4-6-17-14(12-16)2-5-18-20(25-22(23)26-21(17)18)15-3-7-19(24-13-15)27-8-10-29-11-9-27/h3-4,6-7,12-13,20H,2,5,8-11H2,1H3,(H3,23,25,26). The van der Waals surface area contributed by atoms with Crippen LogP contribution >= 0.6 is 0 Å². The molecule has 1 aromatic heterocycles. The van der Waals surface area contributed by atoms with Gasteiger partial charge in [-0.2, -0.15) is 0 Å². The summed E-state index contributed by atoms with van der Waals surface area (Å²) in [4.78, 5) is 11.7. The molecule has 1 fully saturated rings. The lowest BCUT2D eigenvalue weighted by molar-refractivity contribution is 0.122. The smallest absolute Gasteiger partial charge is 0.194 e. The monoisotopic (exact) mass is 391 g/mol. The Hall–Kier alpha value is -3.06. The molecule has 3 heterocycles. The van der Waals surface area contributed by atoms with E-state index in [0.717, 1.165) is 62.0 Å². The van der Waals surface area contributed by atoms with Crippen LogP contribution in [0.4, 0.5) is 5.82 Å². The summed E-state index contributed by atoms with van der Waals surface area (Å²) < 4.78 is 10.8. The number of rotatable bonds is 3. The van der Waals surface area contributed by atoms with E-state index >= 15 is 0 Å². The molecule has 0 bridgehead atoms. The van der Waals surface area contributed by atoms with E-state index in [0.29, 0.717) is 5.96 Å². The van der Waals surface area contributed by atoms with Crippen molar-refractivity contribution in [1.29, 1.82) is 0 Å². The lowest BCUT2D eigenvalue weighted by atomic mass is 9.83. The molecule has 2 aromatic rings. The van der Waals surface area contributed by atoms with Crippen LogP contribution in [-0.2, 0) is 11.2 Å². The maximum Gasteiger partial charge on any atom is 0.194 e. The summed E-state index contributed by atoms with van der Waals surface area (Å²) in [6, 6.07) is 10.3. The number of aliphatic imine (C=N–C) groups is 1. The zero-order valence-electron chi connectivity index (χ0n) is 16.5. The minimum Gasteiger partial charge on any atom is -0.497 e. The summed E-state index contributed by atoms with van der Waals surface area (Å²) in [6.45, 7) is 3.25. The summed E-state index contributed by atoms with van der Waals surface area (Å²) in [5, 5.41) is 3.30. The molecule has 7 heteroatoms. The van der Waals surface area contributed by atoms with Crippen molar-refractivity contribution in [2.45, 2.75) is 18.9 Å². The Morgan fingerprint density at radius 3 is 2.79 bits per heavy atom. The lowest BCUT2D eigenvalue weighted by Gasteiger charge is -2.32. The number of fused-ring (bicyclic) bond motifs is 2. The number of aryl methyl sites for hydroxylation is 1. The van der Waals surface area contributed by atoms with Crippen molar-refractivity contribution >= 4 is 17.5 Å². The van der Waals surface area contributed by atoms with Gasteiger partial charge in [0.2, 0.25) is 0 Å². The first-order valence-electron chi connectivity index (χ1n) is 10.0. The Kier molecular flexibility index (Phi) is 4.60. The van der Waals surface area contributed by atoms with Crippen LogP contribution in [0.25, 0.3) is 5.70 Å². The number of pyridine rings is 1. The molecule has 3 aliphatic rings. The van der Waals surface area contributed by atoms with Crippen LogP contribution in [0.15, 0.2) is 47.1 Å². The fourth-order valence-electron chi connectivity index (χ4n) is 4.33. The molecule has 0 saturated carbocycles. The highest BCUT2D eigenvalue weighted by Crippen LogP contribution is 2.41. The molecule has 3 N–H and O–H groups in total. The largest absolute Gasteiger partial charge is 0.497 e. The molecule has 1 unspecified atom stereocenters. The number of hydrogen-bond acceptors (Lipinski definition) is 7. The molecular weight excluding hydrogens is 366 g/mol. The van der Waals surface area contributed by atoms with Crippen LogP contribution < -0.4 is 20.7 Å². The summed E-state index contributed by atoms with van der Waals surface area (Å²) in [5.41, 5.74) is 12.0. The van der Waals surface area contributed by atoms with Crippen molar-refractivity contribution in [3.05, 3.63) is 58.8 Å². The fraction of sp³-hybridized carbons (Fsp3) is 0.364.